The van der Waals surface area contributed by atoms with Gasteiger partial charge in [0, 0.05) is 5.69 Å². The molecule has 0 saturated carbocycles. The van der Waals surface area contributed by atoms with Crippen molar-refractivity contribution in [2.24, 2.45) is 0 Å². The van der Waals surface area contributed by atoms with Crippen LogP contribution in [0, 0.1) is 19.7 Å². The van der Waals surface area contributed by atoms with Crippen molar-refractivity contribution in [3.8, 4) is 0 Å². The summed E-state index contributed by atoms with van der Waals surface area (Å²) in [5.74, 6) is -1.67. The maximum Gasteiger partial charge on any atom is 0.283 e. The Morgan fingerprint density at radius 1 is 0.958 bits per heavy atom. The minimum atomic E-state index is -0.639. The van der Waals surface area contributed by atoms with Gasteiger partial charge in [-0.2, -0.15) is 0 Å². The molecule has 0 unspecified atom stereocenters. The molecule has 122 valence electrons. The summed E-state index contributed by atoms with van der Waals surface area (Å²) in [6.07, 6.45) is 0. The lowest BCUT2D eigenvalue weighted by Gasteiger charge is -2.15. The lowest BCUT2D eigenvalue weighted by atomic mass is 10.1. The van der Waals surface area contributed by atoms with Gasteiger partial charge in [-0.05, 0) is 61.4 Å². The highest BCUT2D eigenvalue weighted by Crippen LogP contribution is 2.30. The van der Waals surface area contributed by atoms with Crippen LogP contribution in [0.25, 0.3) is 0 Å². The van der Waals surface area contributed by atoms with Crippen LogP contribution < -0.4 is 10.2 Å². The Morgan fingerprint density at radius 2 is 1.54 bits per heavy atom. The summed E-state index contributed by atoms with van der Waals surface area (Å²) >= 11 is 6.06. The van der Waals surface area contributed by atoms with Gasteiger partial charge in [-0.15, -0.1) is 0 Å². The smallest absolute Gasteiger partial charge is 0.283 e. The molecule has 2 aromatic rings. The van der Waals surface area contributed by atoms with Gasteiger partial charge in [-0.3, -0.25) is 9.59 Å². The van der Waals surface area contributed by atoms with E-state index in [1.807, 2.05) is 32.0 Å². The SMILES string of the molecule is Cc1cc(C)cc(NC2=C(Cl)C(=O)N(c3ccc(F)cc3)C2=O)c1. The molecular formula is C18H14ClFN2O2. The fraction of sp³-hybridized carbons (Fsp3) is 0.111. The van der Waals surface area contributed by atoms with E-state index in [9.17, 15) is 14.0 Å². The highest BCUT2D eigenvalue weighted by molar-refractivity contribution is 6.53. The molecule has 0 aliphatic carbocycles. The molecule has 0 bridgehead atoms. The number of benzene rings is 2. The van der Waals surface area contributed by atoms with Gasteiger partial charge in [0.1, 0.15) is 16.5 Å². The van der Waals surface area contributed by atoms with Gasteiger partial charge in [-0.25, -0.2) is 9.29 Å². The zero-order valence-corrected chi connectivity index (χ0v) is 13.8. The molecule has 1 aliphatic heterocycles. The number of rotatable bonds is 3. The summed E-state index contributed by atoms with van der Waals surface area (Å²) in [6, 6.07) is 10.8. The summed E-state index contributed by atoms with van der Waals surface area (Å²) in [5, 5.41) is 2.73. The Kier molecular flexibility index (Phi) is 4.11. The highest BCUT2D eigenvalue weighted by Gasteiger charge is 2.38. The molecule has 1 N–H and O–H groups in total. The van der Waals surface area contributed by atoms with Crippen molar-refractivity contribution in [2.75, 3.05) is 10.2 Å². The van der Waals surface area contributed by atoms with Gasteiger partial charge < -0.3 is 5.32 Å². The van der Waals surface area contributed by atoms with E-state index in [2.05, 4.69) is 5.32 Å². The van der Waals surface area contributed by atoms with Crippen LogP contribution in [0.15, 0.2) is 53.2 Å². The third kappa shape index (κ3) is 2.90. The number of hydrogen-bond donors (Lipinski definition) is 1. The highest BCUT2D eigenvalue weighted by atomic mass is 35.5. The lowest BCUT2D eigenvalue weighted by molar-refractivity contribution is -0.120. The van der Waals surface area contributed by atoms with Crippen molar-refractivity contribution in [3.05, 3.63) is 70.1 Å². The monoisotopic (exact) mass is 344 g/mol. The summed E-state index contributed by atoms with van der Waals surface area (Å²) in [5.41, 5.74) is 2.98. The van der Waals surface area contributed by atoms with E-state index in [0.717, 1.165) is 16.0 Å². The second-order valence-electron chi connectivity index (χ2n) is 5.61. The molecular weight excluding hydrogens is 331 g/mol. The molecule has 2 amide bonds. The fourth-order valence-corrected chi connectivity index (χ4v) is 2.84. The van der Waals surface area contributed by atoms with Crippen molar-refractivity contribution in [1.29, 1.82) is 0 Å². The second-order valence-corrected chi connectivity index (χ2v) is 5.99. The first-order chi connectivity index (χ1) is 11.4. The molecule has 3 rings (SSSR count). The van der Waals surface area contributed by atoms with Crippen LogP contribution >= 0.6 is 11.6 Å². The van der Waals surface area contributed by atoms with E-state index in [0.29, 0.717) is 5.69 Å². The molecule has 0 aromatic heterocycles. The fourth-order valence-electron chi connectivity index (χ4n) is 2.63. The first kappa shape index (κ1) is 16.2. The number of halogens is 2. The largest absolute Gasteiger partial charge is 0.350 e. The quantitative estimate of drug-likeness (QED) is 0.860. The Bertz CT molecular complexity index is 855. The minimum absolute atomic E-state index is 0.0102. The van der Waals surface area contributed by atoms with E-state index >= 15 is 0 Å². The van der Waals surface area contributed by atoms with Gasteiger partial charge in [0.25, 0.3) is 11.8 Å². The number of amides is 2. The molecule has 24 heavy (non-hydrogen) atoms. The number of nitrogens with zero attached hydrogens (tertiary/aromatic N) is 1. The molecule has 0 spiro atoms. The Labute approximate surface area is 143 Å². The van der Waals surface area contributed by atoms with Crippen molar-refractivity contribution >= 4 is 34.8 Å². The van der Waals surface area contributed by atoms with Gasteiger partial charge in [0.15, 0.2) is 0 Å². The predicted molar refractivity (Wildman–Crippen MR) is 91.3 cm³/mol. The molecule has 0 fully saturated rings. The van der Waals surface area contributed by atoms with Gasteiger partial charge in [-0.1, -0.05) is 17.7 Å². The lowest BCUT2D eigenvalue weighted by Crippen LogP contribution is -2.32. The number of carbonyl (C=O) groups is 2. The van der Waals surface area contributed by atoms with Gasteiger partial charge in [0.05, 0.1) is 5.69 Å². The topological polar surface area (TPSA) is 49.4 Å². The average molecular weight is 345 g/mol. The Morgan fingerprint density at radius 3 is 2.12 bits per heavy atom. The van der Waals surface area contributed by atoms with Crippen LogP contribution in [0.2, 0.25) is 0 Å². The number of nitrogens with one attached hydrogen (secondary N) is 1. The molecule has 0 saturated heterocycles. The molecule has 1 aliphatic rings. The first-order valence-electron chi connectivity index (χ1n) is 7.26. The van der Waals surface area contributed by atoms with Crippen LogP contribution in [0.5, 0.6) is 0 Å². The van der Waals surface area contributed by atoms with E-state index in [-0.39, 0.29) is 16.4 Å². The zero-order chi connectivity index (χ0) is 17.4. The van der Waals surface area contributed by atoms with Crippen LogP contribution in [-0.2, 0) is 9.59 Å². The van der Waals surface area contributed by atoms with Crippen LogP contribution in [0.3, 0.4) is 0 Å². The van der Waals surface area contributed by atoms with E-state index in [1.165, 1.54) is 24.3 Å². The average Bonchev–Trinajstić information content (AvgIpc) is 2.71. The third-order valence-electron chi connectivity index (χ3n) is 3.60. The first-order valence-corrected chi connectivity index (χ1v) is 7.64. The molecule has 4 nitrogen and oxygen atoms in total. The molecule has 0 atom stereocenters. The summed E-state index contributed by atoms with van der Waals surface area (Å²) in [4.78, 5) is 25.8. The molecule has 0 radical (unpaired) electrons. The maximum absolute atomic E-state index is 13.0. The van der Waals surface area contributed by atoms with Crippen molar-refractivity contribution in [1.82, 2.24) is 0 Å². The Hall–Kier alpha value is -2.66. The zero-order valence-electron chi connectivity index (χ0n) is 13.1. The van der Waals surface area contributed by atoms with Crippen molar-refractivity contribution in [3.63, 3.8) is 0 Å². The number of aryl methyl sites for hydroxylation is 2. The van der Waals surface area contributed by atoms with E-state index in [4.69, 9.17) is 11.6 Å². The standard InChI is InChI=1S/C18H14ClFN2O2/c1-10-7-11(2)9-13(8-10)21-16-15(19)17(23)22(18(16)24)14-5-3-12(20)4-6-14/h3-9,21H,1-2H3. The molecule has 2 aromatic carbocycles. The second kappa shape index (κ2) is 6.09. The molecule has 1 heterocycles. The summed E-state index contributed by atoms with van der Waals surface area (Å²) in [7, 11) is 0. The van der Waals surface area contributed by atoms with Crippen LogP contribution in [-0.4, -0.2) is 11.8 Å². The molecule has 6 heteroatoms. The summed E-state index contributed by atoms with van der Waals surface area (Å²) < 4.78 is 13.0. The predicted octanol–water partition coefficient (Wildman–Crippen LogP) is 3.88. The Balaban J connectivity index is 1.93. The van der Waals surface area contributed by atoms with Gasteiger partial charge in [0.2, 0.25) is 0 Å². The van der Waals surface area contributed by atoms with E-state index < -0.39 is 17.6 Å². The number of imide groups is 1. The summed E-state index contributed by atoms with van der Waals surface area (Å²) in [6.45, 7) is 3.86. The van der Waals surface area contributed by atoms with Crippen molar-refractivity contribution < 1.29 is 14.0 Å². The van der Waals surface area contributed by atoms with Crippen LogP contribution in [0.1, 0.15) is 11.1 Å². The normalized spacial score (nSPS) is 14.6. The number of hydrogen-bond acceptors (Lipinski definition) is 3. The van der Waals surface area contributed by atoms with Gasteiger partial charge >= 0.3 is 0 Å². The van der Waals surface area contributed by atoms with Crippen LogP contribution in [0.4, 0.5) is 15.8 Å². The minimum Gasteiger partial charge on any atom is -0.350 e. The van der Waals surface area contributed by atoms with Crippen molar-refractivity contribution in [2.45, 2.75) is 13.8 Å². The van der Waals surface area contributed by atoms with E-state index in [1.54, 1.807) is 0 Å². The number of carbonyl (C=O) groups excluding carboxylic acids is 2. The third-order valence-corrected chi connectivity index (χ3v) is 3.95. The maximum atomic E-state index is 13.0. The number of anilines is 2.